The van der Waals surface area contributed by atoms with Crippen molar-refractivity contribution in [2.24, 2.45) is 10.9 Å². The van der Waals surface area contributed by atoms with E-state index in [2.05, 4.69) is 76.5 Å². The minimum Gasteiger partial charge on any atom is -0.354 e. The molecule has 2 N–H and O–H groups in total. The number of guanidine groups is 1. The minimum atomic E-state index is -0.0279. The summed E-state index contributed by atoms with van der Waals surface area (Å²) < 4.78 is 0. The van der Waals surface area contributed by atoms with Crippen molar-refractivity contribution >= 4 is 5.96 Å². The Bertz CT molecular complexity index is 621. The molecule has 3 rings (SSSR count). The molecule has 2 aliphatic heterocycles. The van der Waals surface area contributed by atoms with Crippen LogP contribution < -0.4 is 10.6 Å². The third kappa shape index (κ3) is 5.95. The fourth-order valence-corrected chi connectivity index (χ4v) is 4.60. The molecule has 0 saturated carbocycles. The average molecular weight is 386 g/mol. The van der Waals surface area contributed by atoms with Gasteiger partial charge in [-0.05, 0) is 64.6 Å². The fraction of sp³-hybridized carbons (Fsp3) is 0.696. The van der Waals surface area contributed by atoms with Crippen LogP contribution in [-0.2, 0) is 0 Å². The predicted molar refractivity (Wildman–Crippen MR) is 119 cm³/mol. The lowest BCUT2D eigenvalue weighted by Gasteiger charge is -2.33. The maximum atomic E-state index is 4.57. The van der Waals surface area contributed by atoms with E-state index in [-0.39, 0.29) is 5.54 Å². The summed E-state index contributed by atoms with van der Waals surface area (Å²) in [5.41, 5.74) is 1.30. The Labute approximate surface area is 171 Å². The van der Waals surface area contributed by atoms with Crippen LogP contribution in [0.15, 0.2) is 35.3 Å². The zero-order chi connectivity index (χ0) is 20.0. The van der Waals surface area contributed by atoms with Crippen molar-refractivity contribution in [2.45, 2.75) is 51.6 Å². The van der Waals surface area contributed by atoms with Crippen molar-refractivity contribution in [2.75, 3.05) is 46.3 Å². The average Bonchev–Trinajstić information content (AvgIpc) is 3.35. The third-order valence-electron chi connectivity index (χ3n) is 6.11. The van der Waals surface area contributed by atoms with Crippen molar-refractivity contribution in [3.63, 3.8) is 0 Å². The molecule has 0 radical (unpaired) electrons. The number of benzene rings is 1. The van der Waals surface area contributed by atoms with Gasteiger partial charge in [0.15, 0.2) is 5.96 Å². The summed E-state index contributed by atoms with van der Waals surface area (Å²) in [5.74, 6) is 1.83. The Balaban J connectivity index is 1.46. The molecule has 5 nitrogen and oxygen atoms in total. The lowest BCUT2D eigenvalue weighted by Crippen LogP contribution is -2.52. The van der Waals surface area contributed by atoms with E-state index in [1.807, 2.05) is 7.05 Å². The summed E-state index contributed by atoms with van der Waals surface area (Å²) in [6.45, 7) is 13.7. The van der Waals surface area contributed by atoms with Gasteiger partial charge in [-0.3, -0.25) is 4.99 Å². The van der Waals surface area contributed by atoms with Gasteiger partial charge in [0.2, 0.25) is 0 Å². The van der Waals surface area contributed by atoms with E-state index in [9.17, 15) is 0 Å². The first-order valence-electron chi connectivity index (χ1n) is 11.0. The molecule has 1 aromatic rings. The quantitative estimate of drug-likeness (QED) is 0.559. The van der Waals surface area contributed by atoms with Gasteiger partial charge in [0.1, 0.15) is 0 Å². The first kappa shape index (κ1) is 21.1. The van der Waals surface area contributed by atoms with E-state index in [4.69, 9.17) is 0 Å². The summed E-state index contributed by atoms with van der Waals surface area (Å²) in [6, 6.07) is 11.0. The van der Waals surface area contributed by atoms with Crippen molar-refractivity contribution in [3.05, 3.63) is 35.9 Å². The molecule has 5 heteroatoms. The molecule has 1 aromatic carbocycles. The summed E-state index contributed by atoms with van der Waals surface area (Å²) >= 11 is 0. The SMILES string of the molecule is CN=C(NCC(C)(C)NC(C)c1ccccc1)N1CCC(CN2CCCC2)C1. The molecular weight excluding hydrogens is 346 g/mol. The molecule has 156 valence electrons. The molecule has 2 unspecified atom stereocenters. The van der Waals surface area contributed by atoms with Gasteiger partial charge in [0.05, 0.1) is 0 Å². The van der Waals surface area contributed by atoms with Crippen LogP contribution >= 0.6 is 0 Å². The van der Waals surface area contributed by atoms with Crippen LogP contribution in [0.4, 0.5) is 0 Å². The highest BCUT2D eigenvalue weighted by Crippen LogP contribution is 2.20. The molecule has 0 aliphatic carbocycles. The van der Waals surface area contributed by atoms with Gasteiger partial charge in [-0.15, -0.1) is 0 Å². The maximum absolute atomic E-state index is 4.57. The molecular formula is C23H39N5. The Kier molecular flexibility index (Phi) is 7.36. The zero-order valence-electron chi connectivity index (χ0n) is 18.2. The largest absolute Gasteiger partial charge is 0.354 e. The molecule has 2 fully saturated rings. The van der Waals surface area contributed by atoms with Crippen LogP contribution in [0.5, 0.6) is 0 Å². The topological polar surface area (TPSA) is 42.9 Å². The van der Waals surface area contributed by atoms with Crippen LogP contribution in [-0.4, -0.2) is 67.6 Å². The van der Waals surface area contributed by atoms with Gasteiger partial charge in [-0.1, -0.05) is 30.3 Å². The second-order valence-corrected chi connectivity index (χ2v) is 9.17. The van der Waals surface area contributed by atoms with Crippen molar-refractivity contribution in [3.8, 4) is 0 Å². The molecule has 2 atom stereocenters. The molecule has 0 amide bonds. The number of likely N-dealkylation sites (tertiary alicyclic amines) is 2. The molecule has 2 aliphatic rings. The van der Waals surface area contributed by atoms with E-state index in [1.54, 1.807) is 0 Å². The van der Waals surface area contributed by atoms with E-state index in [0.717, 1.165) is 31.5 Å². The van der Waals surface area contributed by atoms with Gasteiger partial charge >= 0.3 is 0 Å². The van der Waals surface area contributed by atoms with Crippen LogP contribution in [0.25, 0.3) is 0 Å². The summed E-state index contributed by atoms with van der Waals surface area (Å²) in [7, 11) is 1.91. The highest BCUT2D eigenvalue weighted by molar-refractivity contribution is 5.80. The van der Waals surface area contributed by atoms with E-state index in [0.29, 0.717) is 6.04 Å². The summed E-state index contributed by atoms with van der Waals surface area (Å²) in [4.78, 5) is 9.65. The molecule has 0 aromatic heterocycles. The number of hydrogen-bond acceptors (Lipinski definition) is 3. The Hall–Kier alpha value is -1.59. The van der Waals surface area contributed by atoms with Gasteiger partial charge in [0.25, 0.3) is 0 Å². The maximum Gasteiger partial charge on any atom is 0.193 e. The minimum absolute atomic E-state index is 0.0279. The first-order chi connectivity index (χ1) is 13.5. The van der Waals surface area contributed by atoms with E-state index < -0.39 is 0 Å². The molecule has 2 saturated heterocycles. The molecule has 2 heterocycles. The highest BCUT2D eigenvalue weighted by Gasteiger charge is 2.28. The fourth-order valence-electron chi connectivity index (χ4n) is 4.60. The van der Waals surface area contributed by atoms with Crippen molar-refractivity contribution in [1.29, 1.82) is 0 Å². The summed E-state index contributed by atoms with van der Waals surface area (Å²) in [5, 5.41) is 7.38. The van der Waals surface area contributed by atoms with Gasteiger partial charge in [0, 0.05) is 44.8 Å². The van der Waals surface area contributed by atoms with Gasteiger partial charge in [-0.25, -0.2) is 0 Å². The normalized spacial score (nSPS) is 22.6. The van der Waals surface area contributed by atoms with Gasteiger partial charge < -0.3 is 20.4 Å². The number of hydrogen-bond donors (Lipinski definition) is 2. The molecule has 28 heavy (non-hydrogen) atoms. The lowest BCUT2D eigenvalue weighted by molar-refractivity contribution is 0.280. The van der Waals surface area contributed by atoms with Crippen LogP contribution in [0.3, 0.4) is 0 Å². The third-order valence-corrected chi connectivity index (χ3v) is 6.11. The Morgan fingerprint density at radius 2 is 1.89 bits per heavy atom. The Morgan fingerprint density at radius 3 is 2.57 bits per heavy atom. The van der Waals surface area contributed by atoms with Crippen LogP contribution in [0.2, 0.25) is 0 Å². The molecule has 0 bridgehead atoms. The standard InChI is InChI=1S/C23H39N5/c1-19(21-10-6-5-7-11-21)26-23(2,3)18-25-22(24-4)28-15-12-20(17-28)16-27-13-8-9-14-27/h5-7,10-11,19-20,26H,8-9,12-18H2,1-4H3,(H,24,25). The number of nitrogens with one attached hydrogen (secondary N) is 2. The number of aliphatic imine (C=N–C) groups is 1. The first-order valence-corrected chi connectivity index (χ1v) is 11.0. The monoisotopic (exact) mass is 385 g/mol. The lowest BCUT2D eigenvalue weighted by atomic mass is 10.0. The predicted octanol–water partition coefficient (Wildman–Crippen LogP) is 3.11. The smallest absolute Gasteiger partial charge is 0.193 e. The highest BCUT2D eigenvalue weighted by atomic mass is 15.3. The van der Waals surface area contributed by atoms with Crippen LogP contribution in [0.1, 0.15) is 51.6 Å². The van der Waals surface area contributed by atoms with Crippen molar-refractivity contribution < 1.29 is 0 Å². The molecule has 0 spiro atoms. The number of rotatable bonds is 7. The Morgan fingerprint density at radius 1 is 1.18 bits per heavy atom. The van der Waals surface area contributed by atoms with E-state index in [1.165, 1.54) is 44.5 Å². The van der Waals surface area contributed by atoms with Crippen LogP contribution in [0, 0.1) is 5.92 Å². The van der Waals surface area contributed by atoms with Gasteiger partial charge in [-0.2, -0.15) is 0 Å². The summed E-state index contributed by atoms with van der Waals surface area (Å²) in [6.07, 6.45) is 4.04. The number of nitrogens with zero attached hydrogens (tertiary/aromatic N) is 3. The van der Waals surface area contributed by atoms with Crippen molar-refractivity contribution in [1.82, 2.24) is 20.4 Å². The second-order valence-electron chi connectivity index (χ2n) is 9.17. The zero-order valence-corrected chi connectivity index (χ0v) is 18.2. The second kappa shape index (κ2) is 9.75. The van der Waals surface area contributed by atoms with E-state index >= 15 is 0 Å².